The maximum absolute atomic E-state index is 12.3. The number of nitrogens with one attached hydrogen (secondary N) is 2. The monoisotopic (exact) mass is 405 g/mol. The standard InChI is InChI=1S/C18H19N3O6S/c1-11(16(23)21-18(19)25)27-17(24)13-6-2-3-7-14(13)28-10-15(22)20-9-12-5-4-8-26-12/h2-8,11H,9-10H2,1H3,(H,20,22)(H3,19,21,23,25). The summed E-state index contributed by atoms with van der Waals surface area (Å²) in [6.45, 7) is 1.58. The maximum Gasteiger partial charge on any atom is 0.340 e. The van der Waals surface area contributed by atoms with Crippen molar-refractivity contribution in [2.45, 2.75) is 24.5 Å². The molecular formula is C18H19N3O6S. The molecule has 0 aliphatic heterocycles. The Morgan fingerprint density at radius 1 is 1.18 bits per heavy atom. The first-order valence-corrected chi connectivity index (χ1v) is 9.17. The molecule has 0 aliphatic carbocycles. The lowest BCUT2D eigenvalue weighted by Crippen LogP contribution is -2.42. The molecule has 0 aliphatic rings. The Morgan fingerprint density at radius 2 is 1.93 bits per heavy atom. The first-order valence-electron chi connectivity index (χ1n) is 8.19. The van der Waals surface area contributed by atoms with Crippen molar-refractivity contribution in [2.75, 3.05) is 5.75 Å². The number of furan rings is 1. The summed E-state index contributed by atoms with van der Waals surface area (Å²) in [5.41, 5.74) is 5.06. The topological polar surface area (TPSA) is 141 Å². The lowest BCUT2D eigenvalue weighted by atomic mass is 10.2. The van der Waals surface area contributed by atoms with E-state index in [0.717, 1.165) is 11.8 Å². The molecule has 10 heteroatoms. The first-order chi connectivity index (χ1) is 13.4. The number of rotatable bonds is 8. The van der Waals surface area contributed by atoms with Crippen molar-refractivity contribution in [2.24, 2.45) is 5.73 Å². The quantitative estimate of drug-likeness (QED) is 0.446. The van der Waals surface area contributed by atoms with Crippen molar-refractivity contribution in [3.05, 3.63) is 54.0 Å². The third kappa shape index (κ3) is 6.47. The van der Waals surface area contributed by atoms with Crippen LogP contribution in [0.15, 0.2) is 52.0 Å². The van der Waals surface area contributed by atoms with E-state index in [-0.39, 0.29) is 23.8 Å². The van der Waals surface area contributed by atoms with Gasteiger partial charge in [0.15, 0.2) is 6.10 Å². The van der Waals surface area contributed by atoms with Crippen LogP contribution < -0.4 is 16.4 Å². The number of amides is 4. The molecule has 148 valence electrons. The number of carbonyl (C=O) groups is 4. The predicted molar refractivity (Wildman–Crippen MR) is 100 cm³/mol. The molecule has 1 heterocycles. The zero-order valence-corrected chi connectivity index (χ0v) is 15.8. The second-order valence-electron chi connectivity index (χ2n) is 5.54. The molecule has 0 bridgehead atoms. The fourth-order valence-corrected chi connectivity index (χ4v) is 2.93. The van der Waals surface area contributed by atoms with Crippen LogP contribution in [0.25, 0.3) is 0 Å². The van der Waals surface area contributed by atoms with Gasteiger partial charge >= 0.3 is 12.0 Å². The number of thioether (sulfide) groups is 1. The second kappa shape index (κ2) is 10.2. The number of imide groups is 1. The van der Waals surface area contributed by atoms with E-state index in [0.29, 0.717) is 10.7 Å². The third-order valence-corrected chi connectivity index (χ3v) is 4.48. The van der Waals surface area contributed by atoms with Crippen molar-refractivity contribution in [1.82, 2.24) is 10.6 Å². The highest BCUT2D eigenvalue weighted by Crippen LogP contribution is 2.23. The number of hydrogen-bond donors (Lipinski definition) is 3. The summed E-state index contributed by atoms with van der Waals surface area (Å²) in [5.74, 6) is -1.12. The van der Waals surface area contributed by atoms with E-state index < -0.39 is 24.0 Å². The Labute approximate surface area is 165 Å². The molecule has 1 atom stereocenters. The van der Waals surface area contributed by atoms with Gasteiger partial charge in [0.2, 0.25) is 5.91 Å². The molecule has 0 saturated heterocycles. The Balaban J connectivity index is 1.92. The Kier molecular flexibility index (Phi) is 7.64. The molecule has 0 spiro atoms. The molecule has 9 nitrogen and oxygen atoms in total. The van der Waals surface area contributed by atoms with Gasteiger partial charge in [-0.2, -0.15) is 0 Å². The number of carbonyl (C=O) groups excluding carboxylic acids is 4. The number of primary amides is 1. The van der Waals surface area contributed by atoms with Crippen LogP contribution in [0.4, 0.5) is 4.79 Å². The van der Waals surface area contributed by atoms with E-state index in [1.165, 1.54) is 19.3 Å². The van der Waals surface area contributed by atoms with E-state index in [4.69, 9.17) is 14.9 Å². The van der Waals surface area contributed by atoms with Crippen molar-refractivity contribution >= 4 is 35.6 Å². The van der Waals surface area contributed by atoms with Gasteiger partial charge < -0.3 is 20.2 Å². The molecule has 0 fully saturated rings. The summed E-state index contributed by atoms with van der Waals surface area (Å²) in [7, 11) is 0. The number of urea groups is 1. The van der Waals surface area contributed by atoms with Crippen LogP contribution in [0.2, 0.25) is 0 Å². The van der Waals surface area contributed by atoms with Gasteiger partial charge in [-0.3, -0.25) is 14.9 Å². The van der Waals surface area contributed by atoms with Crippen molar-refractivity contribution in [3.63, 3.8) is 0 Å². The Bertz CT molecular complexity index is 853. The summed E-state index contributed by atoms with van der Waals surface area (Å²) in [6.07, 6.45) is 0.303. The van der Waals surface area contributed by atoms with Gasteiger partial charge in [0.05, 0.1) is 24.1 Å². The lowest BCUT2D eigenvalue weighted by Gasteiger charge is -2.14. The lowest BCUT2D eigenvalue weighted by molar-refractivity contribution is -0.127. The fourth-order valence-electron chi connectivity index (χ4n) is 2.05. The van der Waals surface area contributed by atoms with E-state index in [1.807, 2.05) is 5.32 Å². The summed E-state index contributed by atoms with van der Waals surface area (Å²) in [5, 5.41) is 4.54. The zero-order valence-electron chi connectivity index (χ0n) is 15.0. The van der Waals surface area contributed by atoms with Gasteiger partial charge in [-0.15, -0.1) is 11.8 Å². The number of benzene rings is 1. The predicted octanol–water partition coefficient (Wildman–Crippen LogP) is 1.43. The van der Waals surface area contributed by atoms with Gasteiger partial charge in [0.1, 0.15) is 5.76 Å². The molecule has 4 amide bonds. The van der Waals surface area contributed by atoms with E-state index in [2.05, 4.69) is 5.32 Å². The maximum atomic E-state index is 12.3. The molecule has 0 radical (unpaired) electrons. The second-order valence-corrected chi connectivity index (χ2v) is 6.56. The van der Waals surface area contributed by atoms with Gasteiger partial charge in [0, 0.05) is 4.90 Å². The highest BCUT2D eigenvalue weighted by molar-refractivity contribution is 8.00. The smallest absolute Gasteiger partial charge is 0.340 e. The molecule has 28 heavy (non-hydrogen) atoms. The molecule has 1 aromatic heterocycles. The van der Waals surface area contributed by atoms with Crippen LogP contribution in [0.5, 0.6) is 0 Å². The largest absolute Gasteiger partial charge is 0.467 e. The van der Waals surface area contributed by atoms with Gasteiger partial charge in [-0.1, -0.05) is 12.1 Å². The van der Waals surface area contributed by atoms with Crippen LogP contribution in [0, 0.1) is 0 Å². The van der Waals surface area contributed by atoms with Crippen molar-refractivity contribution in [1.29, 1.82) is 0 Å². The van der Waals surface area contributed by atoms with Crippen LogP contribution in [0.3, 0.4) is 0 Å². The van der Waals surface area contributed by atoms with Gasteiger partial charge in [-0.25, -0.2) is 9.59 Å². The fraction of sp³-hybridized carbons (Fsp3) is 0.222. The van der Waals surface area contributed by atoms with Crippen molar-refractivity contribution in [3.8, 4) is 0 Å². The number of hydrogen-bond acceptors (Lipinski definition) is 7. The summed E-state index contributed by atoms with van der Waals surface area (Å²) >= 11 is 1.15. The van der Waals surface area contributed by atoms with E-state index in [1.54, 1.807) is 30.3 Å². The minimum absolute atomic E-state index is 0.0721. The van der Waals surface area contributed by atoms with Gasteiger partial charge in [0.25, 0.3) is 5.91 Å². The van der Waals surface area contributed by atoms with Crippen LogP contribution in [-0.2, 0) is 20.9 Å². The highest BCUT2D eigenvalue weighted by atomic mass is 32.2. The van der Waals surface area contributed by atoms with Crippen LogP contribution in [0.1, 0.15) is 23.0 Å². The van der Waals surface area contributed by atoms with Crippen molar-refractivity contribution < 1.29 is 28.3 Å². The number of esters is 1. The Hall–Kier alpha value is -3.27. The molecule has 0 saturated carbocycles. The molecule has 1 aromatic carbocycles. The normalized spacial score (nSPS) is 11.3. The minimum Gasteiger partial charge on any atom is -0.467 e. The van der Waals surface area contributed by atoms with E-state index in [9.17, 15) is 19.2 Å². The summed E-state index contributed by atoms with van der Waals surface area (Å²) in [6, 6.07) is 8.95. The average Bonchev–Trinajstić information content (AvgIpc) is 3.18. The number of nitrogens with two attached hydrogens (primary N) is 1. The Morgan fingerprint density at radius 3 is 2.61 bits per heavy atom. The number of ether oxygens (including phenoxy) is 1. The average molecular weight is 405 g/mol. The van der Waals surface area contributed by atoms with Crippen LogP contribution in [-0.4, -0.2) is 35.7 Å². The highest BCUT2D eigenvalue weighted by Gasteiger charge is 2.22. The van der Waals surface area contributed by atoms with Gasteiger partial charge in [-0.05, 0) is 31.2 Å². The SMILES string of the molecule is CC(OC(=O)c1ccccc1SCC(=O)NCc1ccco1)C(=O)NC(N)=O. The molecule has 1 unspecified atom stereocenters. The summed E-state index contributed by atoms with van der Waals surface area (Å²) < 4.78 is 10.2. The minimum atomic E-state index is -1.21. The van der Waals surface area contributed by atoms with Crippen LogP contribution >= 0.6 is 11.8 Å². The first kappa shape index (κ1) is 21.0. The van der Waals surface area contributed by atoms with E-state index >= 15 is 0 Å². The zero-order chi connectivity index (χ0) is 20.5. The summed E-state index contributed by atoms with van der Waals surface area (Å²) in [4.78, 5) is 47.2. The molecule has 2 aromatic rings. The molecular weight excluding hydrogens is 386 g/mol. The third-order valence-electron chi connectivity index (χ3n) is 3.41. The molecule has 2 rings (SSSR count). The molecule has 4 N–H and O–H groups in total.